The summed E-state index contributed by atoms with van der Waals surface area (Å²) < 4.78 is 14.2. The molecule has 0 aliphatic heterocycles. The molecule has 0 saturated heterocycles. The molecule has 1 aromatic carbocycles. The SMILES string of the molecule is C=CCC(=O)n1nc(-c2cccnc2)nc1NCc1ccc(F)cc1. The molecule has 0 atom stereocenters. The molecular weight excluding hydrogens is 321 g/mol. The molecule has 3 rings (SSSR count). The molecule has 0 unspecified atom stereocenters. The number of benzene rings is 1. The molecular formula is C18H16FN5O. The Balaban J connectivity index is 1.87. The predicted octanol–water partition coefficient (Wildman–Crippen LogP) is 3.31. The average Bonchev–Trinajstić information content (AvgIpc) is 3.07. The molecule has 0 spiro atoms. The van der Waals surface area contributed by atoms with Crippen LogP contribution in [-0.4, -0.2) is 25.7 Å². The number of carbonyl (C=O) groups is 1. The van der Waals surface area contributed by atoms with Crippen molar-refractivity contribution in [1.82, 2.24) is 19.7 Å². The van der Waals surface area contributed by atoms with Crippen LogP contribution >= 0.6 is 0 Å². The van der Waals surface area contributed by atoms with E-state index in [-0.39, 0.29) is 18.1 Å². The van der Waals surface area contributed by atoms with Crippen molar-refractivity contribution in [3.63, 3.8) is 0 Å². The monoisotopic (exact) mass is 337 g/mol. The molecule has 6 nitrogen and oxygen atoms in total. The van der Waals surface area contributed by atoms with Gasteiger partial charge < -0.3 is 5.32 Å². The first-order valence-electron chi connectivity index (χ1n) is 7.67. The Labute approximate surface area is 144 Å². The molecule has 0 bridgehead atoms. The maximum absolute atomic E-state index is 13.0. The molecule has 0 radical (unpaired) electrons. The fraction of sp³-hybridized carbons (Fsp3) is 0.111. The quantitative estimate of drug-likeness (QED) is 0.699. The van der Waals surface area contributed by atoms with Crippen molar-refractivity contribution in [1.29, 1.82) is 0 Å². The molecule has 3 aromatic rings. The number of rotatable bonds is 6. The lowest BCUT2D eigenvalue weighted by Gasteiger charge is -2.06. The number of hydrogen-bond donors (Lipinski definition) is 1. The first kappa shape index (κ1) is 16.5. The Hall–Kier alpha value is -3.35. The second-order valence-corrected chi connectivity index (χ2v) is 5.28. The summed E-state index contributed by atoms with van der Waals surface area (Å²) in [5.74, 6) is 0.160. The van der Waals surface area contributed by atoms with Crippen LogP contribution in [0.5, 0.6) is 0 Å². The van der Waals surface area contributed by atoms with Gasteiger partial charge in [0.2, 0.25) is 5.95 Å². The van der Waals surface area contributed by atoms with Crippen molar-refractivity contribution in [3.05, 3.63) is 72.8 Å². The van der Waals surface area contributed by atoms with Crippen LogP contribution in [0.15, 0.2) is 61.4 Å². The third kappa shape index (κ3) is 3.95. The minimum Gasteiger partial charge on any atom is -0.350 e. The molecule has 7 heteroatoms. The highest BCUT2D eigenvalue weighted by Crippen LogP contribution is 2.18. The number of anilines is 1. The summed E-state index contributed by atoms with van der Waals surface area (Å²) in [6.07, 6.45) is 4.93. The summed E-state index contributed by atoms with van der Waals surface area (Å²) >= 11 is 0. The van der Waals surface area contributed by atoms with Crippen molar-refractivity contribution in [2.24, 2.45) is 0 Å². The fourth-order valence-corrected chi connectivity index (χ4v) is 2.21. The Morgan fingerprint density at radius 2 is 2.08 bits per heavy atom. The minimum atomic E-state index is -0.299. The van der Waals surface area contributed by atoms with Gasteiger partial charge in [-0.1, -0.05) is 18.2 Å². The first-order chi connectivity index (χ1) is 12.2. The normalized spacial score (nSPS) is 10.4. The van der Waals surface area contributed by atoms with Gasteiger partial charge in [0.05, 0.1) is 0 Å². The molecule has 0 amide bonds. The number of allylic oxidation sites excluding steroid dienone is 1. The van der Waals surface area contributed by atoms with Crippen molar-refractivity contribution >= 4 is 11.9 Å². The van der Waals surface area contributed by atoms with E-state index in [2.05, 4.69) is 27.0 Å². The van der Waals surface area contributed by atoms with E-state index >= 15 is 0 Å². The molecule has 0 fully saturated rings. The molecule has 2 heterocycles. The summed E-state index contributed by atoms with van der Waals surface area (Å²) in [6, 6.07) is 9.67. The largest absolute Gasteiger partial charge is 0.350 e. The van der Waals surface area contributed by atoms with Crippen LogP contribution in [-0.2, 0) is 6.54 Å². The average molecular weight is 337 g/mol. The zero-order chi connectivity index (χ0) is 17.6. The highest BCUT2D eigenvalue weighted by Gasteiger charge is 2.16. The van der Waals surface area contributed by atoms with Gasteiger partial charge in [-0.15, -0.1) is 11.7 Å². The molecule has 0 aliphatic rings. The van der Waals surface area contributed by atoms with Gasteiger partial charge in [0, 0.05) is 30.9 Å². The number of hydrogen-bond acceptors (Lipinski definition) is 5. The number of carbonyl (C=O) groups excluding carboxylic acids is 1. The van der Waals surface area contributed by atoms with E-state index in [1.54, 1.807) is 30.6 Å². The topological polar surface area (TPSA) is 72.7 Å². The first-order valence-corrected chi connectivity index (χ1v) is 7.67. The van der Waals surface area contributed by atoms with Crippen LogP contribution in [0.4, 0.5) is 10.3 Å². The minimum absolute atomic E-state index is 0.140. The van der Waals surface area contributed by atoms with Gasteiger partial charge in [-0.2, -0.15) is 9.67 Å². The second kappa shape index (κ2) is 7.48. The van der Waals surface area contributed by atoms with Crippen LogP contribution < -0.4 is 5.32 Å². The maximum atomic E-state index is 13.0. The highest BCUT2D eigenvalue weighted by molar-refractivity contribution is 5.82. The van der Waals surface area contributed by atoms with E-state index in [0.717, 1.165) is 5.56 Å². The molecule has 0 aliphatic carbocycles. The summed E-state index contributed by atoms with van der Waals surface area (Å²) in [5.41, 5.74) is 1.56. The standard InChI is InChI=1S/C18H16FN5O/c1-2-4-16(25)24-18(21-11-13-6-8-15(19)9-7-13)22-17(23-24)14-5-3-10-20-12-14/h2-3,5-10,12H,1,4,11H2,(H,21,22,23). The summed E-state index contributed by atoms with van der Waals surface area (Å²) in [5, 5.41) is 7.34. The van der Waals surface area contributed by atoms with E-state index in [1.165, 1.54) is 22.9 Å². The molecule has 1 N–H and O–H groups in total. The molecule has 25 heavy (non-hydrogen) atoms. The van der Waals surface area contributed by atoms with Gasteiger partial charge in [-0.25, -0.2) is 4.39 Å². The van der Waals surface area contributed by atoms with E-state index in [0.29, 0.717) is 23.9 Å². The van der Waals surface area contributed by atoms with E-state index in [4.69, 9.17) is 0 Å². The third-order valence-electron chi connectivity index (χ3n) is 3.45. The predicted molar refractivity (Wildman–Crippen MR) is 92.4 cm³/mol. The van der Waals surface area contributed by atoms with Gasteiger partial charge in [0.15, 0.2) is 5.82 Å². The third-order valence-corrected chi connectivity index (χ3v) is 3.45. The van der Waals surface area contributed by atoms with Gasteiger partial charge >= 0.3 is 0 Å². The highest BCUT2D eigenvalue weighted by atomic mass is 19.1. The number of nitrogens with one attached hydrogen (secondary N) is 1. The van der Waals surface area contributed by atoms with Gasteiger partial charge in [0.1, 0.15) is 5.82 Å². The lowest BCUT2D eigenvalue weighted by atomic mass is 10.2. The summed E-state index contributed by atoms with van der Waals surface area (Å²) in [7, 11) is 0. The smallest absolute Gasteiger partial charge is 0.253 e. The van der Waals surface area contributed by atoms with Gasteiger partial charge in [-0.05, 0) is 29.8 Å². The second-order valence-electron chi connectivity index (χ2n) is 5.28. The molecule has 2 aromatic heterocycles. The van der Waals surface area contributed by atoms with Crippen molar-refractivity contribution in [2.75, 3.05) is 5.32 Å². The van der Waals surface area contributed by atoms with Gasteiger partial charge in [-0.3, -0.25) is 9.78 Å². The van der Waals surface area contributed by atoms with E-state index in [1.807, 2.05) is 6.07 Å². The molecule has 126 valence electrons. The van der Waals surface area contributed by atoms with Crippen LogP contribution in [0.25, 0.3) is 11.4 Å². The fourth-order valence-electron chi connectivity index (χ4n) is 2.21. The van der Waals surface area contributed by atoms with Gasteiger partial charge in [0.25, 0.3) is 5.91 Å². The Morgan fingerprint density at radius 3 is 2.76 bits per heavy atom. The zero-order valence-electron chi connectivity index (χ0n) is 13.4. The summed E-state index contributed by atoms with van der Waals surface area (Å²) in [4.78, 5) is 20.7. The number of pyridine rings is 1. The summed E-state index contributed by atoms with van der Waals surface area (Å²) in [6.45, 7) is 3.96. The van der Waals surface area contributed by atoms with Crippen LogP contribution in [0.1, 0.15) is 16.8 Å². The van der Waals surface area contributed by atoms with Crippen LogP contribution in [0, 0.1) is 5.82 Å². The van der Waals surface area contributed by atoms with E-state index in [9.17, 15) is 9.18 Å². The lowest BCUT2D eigenvalue weighted by Crippen LogP contribution is -2.15. The lowest BCUT2D eigenvalue weighted by molar-refractivity contribution is 0.0904. The number of halogens is 1. The van der Waals surface area contributed by atoms with E-state index < -0.39 is 0 Å². The van der Waals surface area contributed by atoms with Crippen molar-refractivity contribution < 1.29 is 9.18 Å². The van der Waals surface area contributed by atoms with Crippen molar-refractivity contribution in [2.45, 2.75) is 13.0 Å². The van der Waals surface area contributed by atoms with Crippen LogP contribution in [0.2, 0.25) is 0 Å². The Kier molecular flexibility index (Phi) is 4.94. The number of aromatic nitrogens is 4. The molecule has 0 saturated carbocycles. The van der Waals surface area contributed by atoms with Crippen LogP contribution in [0.3, 0.4) is 0 Å². The Bertz CT molecular complexity index is 874. The maximum Gasteiger partial charge on any atom is 0.253 e. The Morgan fingerprint density at radius 1 is 1.28 bits per heavy atom. The number of nitrogens with zero attached hydrogens (tertiary/aromatic N) is 4. The van der Waals surface area contributed by atoms with Crippen molar-refractivity contribution in [3.8, 4) is 11.4 Å². The zero-order valence-corrected chi connectivity index (χ0v) is 13.4.